The SMILES string of the molecule is CCc1cc(Nc2cc(Cl)nnc2Cl)ccc1C. The van der Waals surface area contributed by atoms with Gasteiger partial charge in [0.2, 0.25) is 0 Å². The third kappa shape index (κ3) is 2.92. The van der Waals surface area contributed by atoms with Crippen LogP contribution in [0, 0.1) is 6.92 Å². The van der Waals surface area contributed by atoms with Gasteiger partial charge in [0.25, 0.3) is 0 Å². The molecule has 18 heavy (non-hydrogen) atoms. The first kappa shape index (κ1) is 13.1. The van der Waals surface area contributed by atoms with Crippen molar-refractivity contribution < 1.29 is 0 Å². The van der Waals surface area contributed by atoms with Crippen molar-refractivity contribution >= 4 is 34.6 Å². The highest BCUT2D eigenvalue weighted by Gasteiger charge is 2.05. The molecule has 3 nitrogen and oxygen atoms in total. The van der Waals surface area contributed by atoms with Crippen LogP contribution in [0.25, 0.3) is 0 Å². The summed E-state index contributed by atoms with van der Waals surface area (Å²) in [4.78, 5) is 0. The van der Waals surface area contributed by atoms with E-state index in [2.05, 4.69) is 41.5 Å². The fourth-order valence-corrected chi connectivity index (χ4v) is 2.01. The number of aryl methyl sites for hydroxylation is 2. The lowest BCUT2D eigenvalue weighted by Gasteiger charge is -2.10. The summed E-state index contributed by atoms with van der Waals surface area (Å²) in [6.07, 6.45) is 0.991. The molecule has 0 spiro atoms. The Morgan fingerprint density at radius 3 is 2.67 bits per heavy atom. The number of halogens is 2. The van der Waals surface area contributed by atoms with Crippen molar-refractivity contribution in [2.75, 3.05) is 5.32 Å². The van der Waals surface area contributed by atoms with Crippen LogP contribution in [0.2, 0.25) is 10.3 Å². The van der Waals surface area contributed by atoms with Crippen LogP contribution in [0.15, 0.2) is 24.3 Å². The lowest BCUT2D eigenvalue weighted by molar-refractivity contribution is 1.03. The molecule has 5 heteroatoms. The molecule has 0 fully saturated rings. The van der Waals surface area contributed by atoms with E-state index in [4.69, 9.17) is 23.2 Å². The Bertz CT molecular complexity index is 570. The van der Waals surface area contributed by atoms with Gasteiger partial charge in [0, 0.05) is 11.8 Å². The van der Waals surface area contributed by atoms with Crippen LogP contribution in [-0.2, 0) is 6.42 Å². The van der Waals surface area contributed by atoms with Crippen LogP contribution < -0.4 is 5.32 Å². The zero-order chi connectivity index (χ0) is 13.1. The number of hydrogen-bond acceptors (Lipinski definition) is 3. The fraction of sp³-hybridized carbons (Fsp3) is 0.231. The van der Waals surface area contributed by atoms with E-state index >= 15 is 0 Å². The molecule has 0 saturated heterocycles. The Morgan fingerprint density at radius 1 is 1.17 bits per heavy atom. The molecule has 2 aromatic rings. The van der Waals surface area contributed by atoms with Crippen LogP contribution in [0.1, 0.15) is 18.1 Å². The van der Waals surface area contributed by atoms with Crippen molar-refractivity contribution in [3.05, 3.63) is 45.7 Å². The van der Waals surface area contributed by atoms with Crippen molar-refractivity contribution in [1.82, 2.24) is 10.2 Å². The smallest absolute Gasteiger partial charge is 0.175 e. The second-order valence-electron chi connectivity index (χ2n) is 3.99. The average Bonchev–Trinajstić information content (AvgIpc) is 2.36. The third-order valence-electron chi connectivity index (χ3n) is 2.73. The Morgan fingerprint density at radius 2 is 1.94 bits per heavy atom. The number of anilines is 2. The van der Waals surface area contributed by atoms with E-state index in [1.54, 1.807) is 6.07 Å². The van der Waals surface area contributed by atoms with E-state index in [1.807, 2.05) is 6.07 Å². The summed E-state index contributed by atoms with van der Waals surface area (Å²) in [5.74, 6) is 0. The molecule has 0 aliphatic rings. The first-order valence-corrected chi connectivity index (χ1v) is 6.41. The summed E-state index contributed by atoms with van der Waals surface area (Å²) in [6.45, 7) is 4.23. The molecule has 0 unspecified atom stereocenters. The Hall–Kier alpha value is -1.32. The normalized spacial score (nSPS) is 10.4. The van der Waals surface area contributed by atoms with Crippen LogP contribution in [-0.4, -0.2) is 10.2 Å². The van der Waals surface area contributed by atoms with Crippen LogP contribution >= 0.6 is 23.2 Å². The first-order valence-electron chi connectivity index (χ1n) is 5.65. The fourth-order valence-electron chi connectivity index (χ4n) is 1.73. The van der Waals surface area contributed by atoms with Gasteiger partial charge in [-0.3, -0.25) is 0 Å². The third-order valence-corrected chi connectivity index (χ3v) is 3.19. The molecule has 1 heterocycles. The molecule has 0 amide bonds. The first-order chi connectivity index (χ1) is 8.60. The molecule has 0 bridgehead atoms. The number of nitrogens with one attached hydrogen (secondary N) is 1. The van der Waals surface area contributed by atoms with Gasteiger partial charge < -0.3 is 5.32 Å². The highest BCUT2D eigenvalue weighted by molar-refractivity contribution is 6.33. The zero-order valence-electron chi connectivity index (χ0n) is 10.2. The summed E-state index contributed by atoms with van der Waals surface area (Å²) in [7, 11) is 0. The van der Waals surface area contributed by atoms with E-state index in [-0.39, 0.29) is 0 Å². The molecule has 0 aliphatic carbocycles. The maximum Gasteiger partial charge on any atom is 0.175 e. The van der Waals surface area contributed by atoms with Gasteiger partial charge in [0.1, 0.15) is 0 Å². The summed E-state index contributed by atoms with van der Waals surface area (Å²) >= 11 is 11.8. The summed E-state index contributed by atoms with van der Waals surface area (Å²) in [5.41, 5.74) is 4.19. The Kier molecular flexibility index (Phi) is 4.04. The maximum absolute atomic E-state index is 5.96. The molecular weight excluding hydrogens is 269 g/mol. The van der Waals surface area contributed by atoms with Crippen LogP contribution in [0.5, 0.6) is 0 Å². The number of nitrogens with zero attached hydrogens (tertiary/aromatic N) is 2. The van der Waals surface area contributed by atoms with Gasteiger partial charge in [0.05, 0.1) is 5.69 Å². The highest BCUT2D eigenvalue weighted by atomic mass is 35.5. The van der Waals surface area contributed by atoms with Crippen molar-refractivity contribution in [3.63, 3.8) is 0 Å². The zero-order valence-corrected chi connectivity index (χ0v) is 11.7. The van der Waals surface area contributed by atoms with Crippen molar-refractivity contribution in [3.8, 4) is 0 Å². The van der Waals surface area contributed by atoms with E-state index in [1.165, 1.54) is 11.1 Å². The number of rotatable bonds is 3. The molecule has 0 aliphatic heterocycles. The predicted octanol–water partition coefficient (Wildman–Crippen LogP) is 4.40. The quantitative estimate of drug-likeness (QED) is 0.906. The minimum Gasteiger partial charge on any atom is -0.353 e. The molecule has 2 rings (SSSR count). The summed E-state index contributed by atoms with van der Waals surface area (Å²) < 4.78 is 0. The number of aromatic nitrogens is 2. The Balaban J connectivity index is 2.31. The summed E-state index contributed by atoms with van der Waals surface area (Å²) in [6, 6.07) is 7.83. The second kappa shape index (κ2) is 5.55. The van der Waals surface area contributed by atoms with Crippen LogP contribution in [0.3, 0.4) is 0 Å². The minimum absolute atomic E-state index is 0.304. The van der Waals surface area contributed by atoms with Gasteiger partial charge in [0.15, 0.2) is 10.3 Å². The van der Waals surface area contributed by atoms with Gasteiger partial charge in [-0.1, -0.05) is 36.2 Å². The Labute approximate surface area is 116 Å². The lowest BCUT2D eigenvalue weighted by atomic mass is 10.1. The lowest BCUT2D eigenvalue weighted by Crippen LogP contribution is -1.96. The monoisotopic (exact) mass is 281 g/mol. The second-order valence-corrected chi connectivity index (χ2v) is 4.74. The molecule has 1 N–H and O–H groups in total. The minimum atomic E-state index is 0.304. The average molecular weight is 282 g/mol. The molecular formula is C13H13Cl2N3. The van der Waals surface area contributed by atoms with Gasteiger partial charge in [-0.05, 0) is 36.6 Å². The van der Waals surface area contributed by atoms with E-state index in [0.29, 0.717) is 16.0 Å². The largest absolute Gasteiger partial charge is 0.353 e. The molecule has 0 radical (unpaired) electrons. The molecule has 1 aromatic heterocycles. The van der Waals surface area contributed by atoms with E-state index < -0.39 is 0 Å². The molecule has 1 aromatic carbocycles. The predicted molar refractivity (Wildman–Crippen MR) is 75.9 cm³/mol. The van der Waals surface area contributed by atoms with Crippen molar-refractivity contribution in [1.29, 1.82) is 0 Å². The van der Waals surface area contributed by atoms with Crippen LogP contribution in [0.4, 0.5) is 11.4 Å². The number of hydrogen-bond donors (Lipinski definition) is 1. The topological polar surface area (TPSA) is 37.8 Å². The van der Waals surface area contributed by atoms with Gasteiger partial charge in [-0.25, -0.2) is 0 Å². The maximum atomic E-state index is 5.96. The molecule has 0 atom stereocenters. The molecule has 0 saturated carbocycles. The van der Waals surface area contributed by atoms with Gasteiger partial charge in [-0.15, -0.1) is 10.2 Å². The summed E-state index contributed by atoms with van der Waals surface area (Å²) in [5, 5.41) is 11.2. The van der Waals surface area contributed by atoms with E-state index in [9.17, 15) is 0 Å². The van der Waals surface area contributed by atoms with Crippen molar-refractivity contribution in [2.24, 2.45) is 0 Å². The van der Waals surface area contributed by atoms with Crippen molar-refractivity contribution in [2.45, 2.75) is 20.3 Å². The van der Waals surface area contributed by atoms with Gasteiger partial charge in [-0.2, -0.15) is 0 Å². The molecule has 94 valence electrons. The number of benzene rings is 1. The van der Waals surface area contributed by atoms with Gasteiger partial charge >= 0.3 is 0 Å². The standard InChI is InChI=1S/C13H13Cl2N3/c1-3-9-6-10(5-4-8(9)2)16-11-7-12(14)17-18-13(11)15/h4-7H,3H2,1-2H3,(H,16,17). The highest BCUT2D eigenvalue weighted by Crippen LogP contribution is 2.26. The van der Waals surface area contributed by atoms with E-state index in [0.717, 1.165) is 12.1 Å².